The molecule has 0 saturated carbocycles. The summed E-state index contributed by atoms with van der Waals surface area (Å²) in [6.45, 7) is 0.795. The highest BCUT2D eigenvalue weighted by molar-refractivity contribution is 6.28. The molecule has 0 radical (unpaired) electrons. The van der Waals surface area contributed by atoms with E-state index in [0.29, 0.717) is 0 Å². The van der Waals surface area contributed by atoms with Gasteiger partial charge in [0.05, 0.1) is 12.5 Å². The van der Waals surface area contributed by atoms with Crippen LogP contribution in [-0.4, -0.2) is 26.1 Å². The summed E-state index contributed by atoms with van der Waals surface area (Å²) in [7, 11) is 0. The molecule has 0 amide bonds. The topological polar surface area (TPSA) is 52.8 Å². The van der Waals surface area contributed by atoms with Crippen molar-refractivity contribution in [2.45, 2.75) is 25.5 Å². The Morgan fingerprint density at radius 1 is 1.38 bits per heavy atom. The summed E-state index contributed by atoms with van der Waals surface area (Å²) >= 11 is 5.78. The molecular weight excluding hydrogens is 228 g/mol. The van der Waals surface area contributed by atoms with Crippen LogP contribution in [0.5, 0.6) is 0 Å². The van der Waals surface area contributed by atoms with Crippen LogP contribution in [0.2, 0.25) is 5.28 Å². The number of hydrogen-bond acceptors (Lipinski definition) is 4. The zero-order valence-electron chi connectivity index (χ0n) is 8.64. The van der Waals surface area contributed by atoms with Crippen LogP contribution in [0.15, 0.2) is 12.5 Å². The summed E-state index contributed by atoms with van der Waals surface area (Å²) in [4.78, 5) is 12.3. The molecule has 1 aliphatic heterocycles. The lowest BCUT2D eigenvalue weighted by Gasteiger charge is -2.23. The van der Waals surface area contributed by atoms with E-state index in [1.165, 1.54) is 6.42 Å². The normalized spacial score (nSPS) is 21.4. The van der Waals surface area contributed by atoms with Gasteiger partial charge in [-0.05, 0) is 30.9 Å². The van der Waals surface area contributed by atoms with Crippen LogP contribution in [0.3, 0.4) is 0 Å². The Hall–Kier alpha value is -1.20. The van der Waals surface area contributed by atoms with E-state index in [1.54, 1.807) is 12.5 Å². The summed E-state index contributed by atoms with van der Waals surface area (Å²) in [5.41, 5.74) is 1.49. The van der Waals surface area contributed by atoms with Crippen molar-refractivity contribution in [1.82, 2.24) is 19.5 Å². The van der Waals surface area contributed by atoms with Gasteiger partial charge in [0, 0.05) is 6.61 Å². The van der Waals surface area contributed by atoms with Gasteiger partial charge in [0.2, 0.25) is 5.28 Å². The first-order chi connectivity index (χ1) is 7.84. The van der Waals surface area contributed by atoms with Crippen molar-refractivity contribution in [2.24, 2.45) is 0 Å². The minimum atomic E-state index is 0.0321. The molecule has 1 atom stereocenters. The minimum absolute atomic E-state index is 0.0321. The fraction of sp³-hybridized carbons (Fsp3) is 0.500. The Morgan fingerprint density at radius 3 is 3.12 bits per heavy atom. The first-order valence-corrected chi connectivity index (χ1v) is 5.69. The van der Waals surface area contributed by atoms with Crippen LogP contribution in [0, 0.1) is 0 Å². The standard InChI is InChI=1S/C10H11ClN4O/c11-10-12-5-7-9(14-10)15(6-13-7)8-3-1-2-4-16-8/h5-6,8H,1-4H2. The third-order valence-corrected chi connectivity index (χ3v) is 2.93. The lowest BCUT2D eigenvalue weighted by molar-refractivity contribution is -0.0298. The van der Waals surface area contributed by atoms with Gasteiger partial charge in [0.1, 0.15) is 11.7 Å². The Kier molecular flexibility index (Phi) is 2.49. The number of ether oxygens (including phenoxy) is 1. The van der Waals surface area contributed by atoms with Crippen molar-refractivity contribution in [3.8, 4) is 0 Å². The van der Waals surface area contributed by atoms with Crippen molar-refractivity contribution in [3.63, 3.8) is 0 Å². The summed E-state index contributed by atoms with van der Waals surface area (Å²) in [6, 6.07) is 0. The smallest absolute Gasteiger partial charge is 0.224 e. The van der Waals surface area contributed by atoms with E-state index in [9.17, 15) is 0 Å². The van der Waals surface area contributed by atoms with E-state index in [2.05, 4.69) is 15.0 Å². The number of fused-ring (bicyclic) bond motifs is 1. The molecule has 1 saturated heterocycles. The maximum atomic E-state index is 5.78. The molecule has 2 aromatic rings. The minimum Gasteiger partial charge on any atom is -0.358 e. The first-order valence-electron chi connectivity index (χ1n) is 5.31. The van der Waals surface area contributed by atoms with E-state index in [4.69, 9.17) is 16.3 Å². The fourth-order valence-electron chi connectivity index (χ4n) is 1.96. The number of rotatable bonds is 1. The zero-order chi connectivity index (χ0) is 11.0. The Balaban J connectivity index is 2.05. The zero-order valence-corrected chi connectivity index (χ0v) is 9.39. The number of nitrogens with zero attached hydrogens (tertiary/aromatic N) is 4. The summed E-state index contributed by atoms with van der Waals surface area (Å²) < 4.78 is 7.62. The monoisotopic (exact) mass is 238 g/mol. The van der Waals surface area contributed by atoms with Crippen molar-refractivity contribution >= 4 is 22.8 Å². The number of hydrogen-bond donors (Lipinski definition) is 0. The molecular formula is C10H11ClN4O. The van der Waals surface area contributed by atoms with Crippen molar-refractivity contribution in [1.29, 1.82) is 0 Å². The van der Waals surface area contributed by atoms with Crippen molar-refractivity contribution in [3.05, 3.63) is 17.8 Å². The third kappa shape index (κ3) is 1.66. The molecule has 5 nitrogen and oxygen atoms in total. The van der Waals surface area contributed by atoms with Crippen LogP contribution < -0.4 is 0 Å². The van der Waals surface area contributed by atoms with Gasteiger partial charge in [-0.15, -0.1) is 0 Å². The molecule has 16 heavy (non-hydrogen) atoms. The Labute approximate surface area is 97.4 Å². The highest BCUT2D eigenvalue weighted by atomic mass is 35.5. The Morgan fingerprint density at radius 2 is 2.31 bits per heavy atom. The molecule has 84 valence electrons. The van der Waals surface area contributed by atoms with Crippen LogP contribution in [-0.2, 0) is 4.74 Å². The Bertz CT molecular complexity index is 506. The van der Waals surface area contributed by atoms with Crippen molar-refractivity contribution in [2.75, 3.05) is 6.61 Å². The van der Waals surface area contributed by atoms with Crippen LogP contribution in [0.1, 0.15) is 25.5 Å². The fourth-order valence-corrected chi connectivity index (χ4v) is 2.09. The van der Waals surface area contributed by atoms with Crippen LogP contribution >= 0.6 is 11.6 Å². The third-order valence-electron chi connectivity index (χ3n) is 2.75. The maximum Gasteiger partial charge on any atom is 0.224 e. The van der Waals surface area contributed by atoms with E-state index >= 15 is 0 Å². The molecule has 0 N–H and O–H groups in total. The number of halogens is 1. The number of aromatic nitrogens is 4. The van der Waals surface area contributed by atoms with E-state index in [-0.39, 0.29) is 11.5 Å². The molecule has 0 bridgehead atoms. The second-order valence-electron chi connectivity index (χ2n) is 3.82. The van der Waals surface area contributed by atoms with Gasteiger partial charge in [0.15, 0.2) is 5.65 Å². The lowest BCUT2D eigenvalue weighted by Crippen LogP contribution is -2.17. The summed E-state index contributed by atoms with van der Waals surface area (Å²) in [5, 5.41) is 0.241. The summed E-state index contributed by atoms with van der Waals surface area (Å²) in [6.07, 6.45) is 6.69. The maximum absolute atomic E-state index is 5.78. The van der Waals surface area contributed by atoms with E-state index < -0.39 is 0 Å². The van der Waals surface area contributed by atoms with Gasteiger partial charge < -0.3 is 4.74 Å². The van der Waals surface area contributed by atoms with Crippen LogP contribution in [0.25, 0.3) is 11.2 Å². The predicted molar refractivity (Wildman–Crippen MR) is 59.2 cm³/mol. The lowest BCUT2D eigenvalue weighted by atomic mass is 10.2. The van der Waals surface area contributed by atoms with Crippen LogP contribution in [0.4, 0.5) is 0 Å². The molecule has 1 unspecified atom stereocenters. The molecule has 1 aliphatic rings. The molecule has 3 heterocycles. The second kappa shape index (κ2) is 3.99. The SMILES string of the molecule is Clc1ncc2ncn(C3CCCCO3)c2n1. The predicted octanol–water partition coefficient (Wildman–Crippen LogP) is 2.18. The molecule has 1 fully saturated rings. The largest absolute Gasteiger partial charge is 0.358 e. The van der Waals surface area contributed by atoms with E-state index in [0.717, 1.165) is 30.6 Å². The second-order valence-corrected chi connectivity index (χ2v) is 4.16. The van der Waals surface area contributed by atoms with Gasteiger partial charge in [0.25, 0.3) is 0 Å². The number of imidazole rings is 1. The highest BCUT2D eigenvalue weighted by Crippen LogP contribution is 2.25. The molecule has 0 aromatic carbocycles. The molecule has 6 heteroatoms. The molecule has 3 rings (SSSR count). The molecule has 2 aromatic heterocycles. The van der Waals surface area contributed by atoms with Gasteiger partial charge in [-0.2, -0.15) is 4.98 Å². The van der Waals surface area contributed by atoms with Gasteiger partial charge in [-0.3, -0.25) is 4.57 Å². The van der Waals surface area contributed by atoms with Gasteiger partial charge in [-0.1, -0.05) is 0 Å². The quantitative estimate of drug-likeness (QED) is 0.715. The summed E-state index contributed by atoms with van der Waals surface area (Å²) in [5.74, 6) is 0. The van der Waals surface area contributed by atoms with Gasteiger partial charge in [-0.25, -0.2) is 9.97 Å². The first kappa shape index (κ1) is 9.99. The molecule has 0 spiro atoms. The van der Waals surface area contributed by atoms with Gasteiger partial charge >= 0.3 is 0 Å². The average Bonchev–Trinajstić information content (AvgIpc) is 2.73. The molecule has 0 aliphatic carbocycles. The average molecular weight is 239 g/mol. The highest BCUT2D eigenvalue weighted by Gasteiger charge is 2.18. The van der Waals surface area contributed by atoms with Crippen molar-refractivity contribution < 1.29 is 4.74 Å². The van der Waals surface area contributed by atoms with E-state index in [1.807, 2.05) is 4.57 Å².